The fraction of sp³-hybridized carbons (Fsp3) is 0.261. The molecule has 1 aliphatic rings. The summed E-state index contributed by atoms with van der Waals surface area (Å²) in [6.45, 7) is -0.251. The molecule has 2 aromatic carbocycles. The van der Waals surface area contributed by atoms with Gasteiger partial charge in [0.2, 0.25) is 17.7 Å². The lowest BCUT2D eigenvalue weighted by Gasteiger charge is -2.31. The predicted octanol–water partition coefficient (Wildman–Crippen LogP) is 0.601. The monoisotopic (exact) mass is 467 g/mol. The Kier molecular flexibility index (Phi) is 7.80. The van der Waals surface area contributed by atoms with Gasteiger partial charge in [-0.1, -0.05) is 42.5 Å². The lowest BCUT2D eigenvalue weighted by atomic mass is 10.0. The highest BCUT2D eigenvalue weighted by Gasteiger charge is 2.31. The third-order valence-corrected chi connectivity index (χ3v) is 5.21. The number of carbonyl (C=O) groups is 5. The summed E-state index contributed by atoms with van der Waals surface area (Å²) in [6.07, 6.45) is -0.350. The second-order valence-corrected chi connectivity index (χ2v) is 7.75. The number of carboxylic acids is 1. The van der Waals surface area contributed by atoms with Crippen LogP contribution in [-0.4, -0.2) is 53.5 Å². The van der Waals surface area contributed by atoms with E-state index in [2.05, 4.69) is 16.0 Å². The number of nitrogens with two attached hydrogens (primary N) is 1. The van der Waals surface area contributed by atoms with Crippen molar-refractivity contribution >= 4 is 41.1 Å². The molecule has 6 N–H and O–H groups in total. The highest BCUT2D eigenvalue weighted by Crippen LogP contribution is 2.28. The average Bonchev–Trinajstić information content (AvgIpc) is 2.80. The van der Waals surface area contributed by atoms with E-state index >= 15 is 0 Å². The standard InChI is InChI=1S/C23H25N5O6/c24-19(29)11-10-16(22(32)33)26-21(31)17(12-14-6-2-1-3-7-14)27-23(34)28-13-20(30)25-15-8-4-5-9-18(15)28/h1-9,16-17H,10-13H2,(H2,24,29)(H,25,30)(H,26,31)(H,27,34)(H,32,33). The molecule has 0 aliphatic carbocycles. The van der Waals surface area contributed by atoms with Gasteiger partial charge in [-0.25, -0.2) is 9.59 Å². The second-order valence-electron chi connectivity index (χ2n) is 7.75. The number of para-hydroxylation sites is 2. The van der Waals surface area contributed by atoms with Crippen molar-refractivity contribution < 1.29 is 29.1 Å². The molecule has 11 heteroatoms. The van der Waals surface area contributed by atoms with Gasteiger partial charge in [0, 0.05) is 12.8 Å². The fourth-order valence-corrected chi connectivity index (χ4v) is 3.52. The Hall–Kier alpha value is -4.41. The van der Waals surface area contributed by atoms with Gasteiger partial charge in [-0.05, 0) is 24.1 Å². The third kappa shape index (κ3) is 6.31. The molecule has 0 fully saturated rings. The summed E-state index contributed by atoms with van der Waals surface area (Å²) >= 11 is 0. The quantitative estimate of drug-likeness (QED) is 0.361. The minimum atomic E-state index is -1.36. The number of nitrogens with zero attached hydrogens (tertiary/aromatic N) is 1. The number of amides is 5. The second kappa shape index (κ2) is 10.9. The Morgan fingerprint density at radius 1 is 1.00 bits per heavy atom. The Balaban J connectivity index is 1.81. The number of rotatable bonds is 9. The molecule has 178 valence electrons. The highest BCUT2D eigenvalue weighted by molar-refractivity contribution is 6.10. The summed E-state index contributed by atoms with van der Waals surface area (Å²) in [5.41, 5.74) is 6.73. The van der Waals surface area contributed by atoms with E-state index in [0.29, 0.717) is 11.4 Å². The Morgan fingerprint density at radius 2 is 1.68 bits per heavy atom. The minimum Gasteiger partial charge on any atom is -0.480 e. The van der Waals surface area contributed by atoms with E-state index in [0.717, 1.165) is 5.56 Å². The summed E-state index contributed by atoms with van der Waals surface area (Å²) in [7, 11) is 0. The average molecular weight is 467 g/mol. The van der Waals surface area contributed by atoms with Crippen molar-refractivity contribution in [3.05, 3.63) is 60.2 Å². The summed E-state index contributed by atoms with van der Waals surface area (Å²) in [4.78, 5) is 62.1. The molecule has 1 heterocycles. The predicted molar refractivity (Wildman–Crippen MR) is 123 cm³/mol. The maximum Gasteiger partial charge on any atom is 0.326 e. The van der Waals surface area contributed by atoms with Crippen LogP contribution in [0.15, 0.2) is 54.6 Å². The van der Waals surface area contributed by atoms with Crippen LogP contribution < -0.4 is 26.6 Å². The lowest BCUT2D eigenvalue weighted by Crippen LogP contribution is -2.56. The maximum absolute atomic E-state index is 13.1. The van der Waals surface area contributed by atoms with Gasteiger partial charge in [-0.3, -0.25) is 19.3 Å². The van der Waals surface area contributed by atoms with E-state index in [4.69, 9.17) is 5.73 Å². The Bertz CT molecular complexity index is 1090. The van der Waals surface area contributed by atoms with Crippen LogP contribution in [0.2, 0.25) is 0 Å². The first kappa shape index (κ1) is 24.2. The van der Waals surface area contributed by atoms with Crippen LogP contribution >= 0.6 is 0 Å². The van der Waals surface area contributed by atoms with Gasteiger partial charge in [0.15, 0.2) is 0 Å². The number of hydrogen-bond acceptors (Lipinski definition) is 5. The normalized spacial score (nSPS) is 14.2. The van der Waals surface area contributed by atoms with E-state index < -0.39 is 41.8 Å². The van der Waals surface area contributed by atoms with Crippen LogP contribution in [0.5, 0.6) is 0 Å². The number of fused-ring (bicyclic) bond motifs is 1. The van der Waals surface area contributed by atoms with Crippen LogP contribution in [0.1, 0.15) is 18.4 Å². The summed E-state index contributed by atoms with van der Waals surface area (Å²) in [6, 6.07) is 12.4. The largest absolute Gasteiger partial charge is 0.480 e. The number of hydrogen-bond donors (Lipinski definition) is 5. The molecule has 0 spiro atoms. The van der Waals surface area contributed by atoms with Crippen LogP contribution in [0.4, 0.5) is 16.2 Å². The molecule has 2 unspecified atom stereocenters. The molecule has 0 radical (unpaired) electrons. The molecule has 0 saturated carbocycles. The van der Waals surface area contributed by atoms with Crippen LogP contribution in [0.3, 0.4) is 0 Å². The van der Waals surface area contributed by atoms with Crippen molar-refractivity contribution in [2.45, 2.75) is 31.3 Å². The number of primary amides is 1. The van der Waals surface area contributed by atoms with Gasteiger partial charge in [-0.2, -0.15) is 0 Å². The Morgan fingerprint density at radius 3 is 2.35 bits per heavy atom. The van der Waals surface area contributed by atoms with Crippen molar-refractivity contribution in [3.63, 3.8) is 0 Å². The van der Waals surface area contributed by atoms with Gasteiger partial charge in [-0.15, -0.1) is 0 Å². The first-order valence-corrected chi connectivity index (χ1v) is 10.6. The summed E-state index contributed by atoms with van der Waals surface area (Å²) < 4.78 is 0. The molecule has 0 saturated heterocycles. The SMILES string of the molecule is NC(=O)CCC(NC(=O)C(Cc1ccccc1)NC(=O)N1CC(=O)Nc2ccccc21)C(=O)O. The lowest BCUT2D eigenvalue weighted by molar-refractivity contribution is -0.142. The first-order chi connectivity index (χ1) is 16.2. The van der Waals surface area contributed by atoms with E-state index in [1.807, 2.05) is 0 Å². The number of aliphatic carboxylic acids is 1. The number of anilines is 2. The zero-order chi connectivity index (χ0) is 24.7. The van der Waals surface area contributed by atoms with E-state index in [1.165, 1.54) is 4.90 Å². The van der Waals surface area contributed by atoms with Crippen LogP contribution in [0, 0.1) is 0 Å². The van der Waals surface area contributed by atoms with Crippen molar-refractivity contribution in [1.82, 2.24) is 10.6 Å². The number of carbonyl (C=O) groups excluding carboxylic acids is 4. The van der Waals surface area contributed by atoms with Crippen molar-refractivity contribution in [2.75, 3.05) is 16.8 Å². The van der Waals surface area contributed by atoms with Gasteiger partial charge in [0.25, 0.3) is 0 Å². The molecule has 3 rings (SSSR count). The molecule has 0 bridgehead atoms. The molecular formula is C23H25N5O6. The zero-order valence-electron chi connectivity index (χ0n) is 18.2. The van der Waals surface area contributed by atoms with Gasteiger partial charge >= 0.3 is 12.0 Å². The molecular weight excluding hydrogens is 442 g/mol. The molecule has 34 heavy (non-hydrogen) atoms. The number of benzene rings is 2. The number of nitrogens with one attached hydrogen (secondary N) is 3. The van der Waals surface area contributed by atoms with Crippen molar-refractivity contribution in [3.8, 4) is 0 Å². The van der Waals surface area contributed by atoms with Gasteiger partial charge < -0.3 is 26.8 Å². The van der Waals surface area contributed by atoms with Gasteiger partial charge in [0.1, 0.15) is 18.6 Å². The van der Waals surface area contributed by atoms with Crippen molar-refractivity contribution in [2.24, 2.45) is 5.73 Å². The molecule has 5 amide bonds. The molecule has 0 aromatic heterocycles. The van der Waals surface area contributed by atoms with Gasteiger partial charge in [0.05, 0.1) is 11.4 Å². The molecule has 11 nitrogen and oxygen atoms in total. The minimum absolute atomic E-state index is 0.0717. The van der Waals surface area contributed by atoms with E-state index in [1.54, 1.807) is 54.6 Å². The van der Waals surface area contributed by atoms with Crippen molar-refractivity contribution in [1.29, 1.82) is 0 Å². The van der Waals surface area contributed by atoms with E-state index in [-0.39, 0.29) is 25.8 Å². The summed E-state index contributed by atoms with van der Waals surface area (Å²) in [5.74, 6) is -3.17. The number of carboxylic acid groups (broad SMARTS) is 1. The molecule has 2 atom stereocenters. The molecule has 1 aliphatic heterocycles. The third-order valence-electron chi connectivity index (χ3n) is 5.21. The maximum atomic E-state index is 13.1. The molecule has 2 aromatic rings. The number of urea groups is 1. The van der Waals surface area contributed by atoms with Crippen LogP contribution in [0.25, 0.3) is 0 Å². The van der Waals surface area contributed by atoms with Crippen LogP contribution in [-0.2, 0) is 25.6 Å². The Labute approximate surface area is 195 Å². The fourth-order valence-electron chi connectivity index (χ4n) is 3.52. The smallest absolute Gasteiger partial charge is 0.326 e. The first-order valence-electron chi connectivity index (χ1n) is 10.6. The summed E-state index contributed by atoms with van der Waals surface area (Å²) in [5, 5.41) is 17.1. The zero-order valence-corrected chi connectivity index (χ0v) is 18.2. The highest BCUT2D eigenvalue weighted by atomic mass is 16.4. The topological polar surface area (TPSA) is 171 Å². The van der Waals surface area contributed by atoms with E-state index in [9.17, 15) is 29.1 Å².